The van der Waals surface area contributed by atoms with Crippen LogP contribution in [-0.4, -0.2) is 24.5 Å². The monoisotopic (exact) mass is 254 g/mol. The molecule has 0 bridgehead atoms. The first-order valence-corrected chi connectivity index (χ1v) is 5.59. The first-order chi connectivity index (χ1) is 8.45. The Bertz CT molecular complexity index is 456. The summed E-state index contributed by atoms with van der Waals surface area (Å²) in [6.07, 6.45) is -0.898. The largest absolute Gasteiger partial charge is 0.478 e. The molecule has 0 aromatic heterocycles. The van der Waals surface area contributed by atoms with E-state index in [4.69, 9.17) is 9.47 Å². The fourth-order valence-corrected chi connectivity index (χ4v) is 1.38. The molecule has 0 radical (unpaired) electrons. The Kier molecular flexibility index (Phi) is 4.83. The summed E-state index contributed by atoms with van der Waals surface area (Å²) in [6.45, 7) is 4.73. The van der Waals surface area contributed by atoms with E-state index in [1.165, 1.54) is 26.0 Å². The van der Waals surface area contributed by atoms with Crippen molar-refractivity contribution in [3.8, 4) is 5.75 Å². The van der Waals surface area contributed by atoms with Crippen molar-refractivity contribution >= 4 is 11.8 Å². The Morgan fingerprint density at radius 1 is 1.39 bits per heavy atom. The van der Waals surface area contributed by atoms with Gasteiger partial charge in [0.15, 0.2) is 11.9 Å². The van der Waals surface area contributed by atoms with E-state index in [0.717, 1.165) is 6.07 Å². The second-order valence-electron chi connectivity index (χ2n) is 3.71. The molecular formula is C13H15FO4. The van der Waals surface area contributed by atoms with Gasteiger partial charge in [-0.2, -0.15) is 0 Å². The second kappa shape index (κ2) is 6.14. The van der Waals surface area contributed by atoms with Crippen molar-refractivity contribution in [3.05, 3.63) is 29.6 Å². The summed E-state index contributed by atoms with van der Waals surface area (Å²) in [7, 11) is 0. The lowest BCUT2D eigenvalue weighted by molar-refractivity contribution is -0.150. The summed E-state index contributed by atoms with van der Waals surface area (Å²) in [6, 6.07) is 3.57. The van der Waals surface area contributed by atoms with E-state index in [0.29, 0.717) is 0 Å². The summed E-state index contributed by atoms with van der Waals surface area (Å²) in [5.41, 5.74) is 0.229. The molecule has 0 saturated carbocycles. The Labute approximate surface area is 105 Å². The molecule has 0 aliphatic carbocycles. The highest BCUT2D eigenvalue weighted by molar-refractivity contribution is 5.96. The van der Waals surface area contributed by atoms with Crippen LogP contribution in [0.5, 0.6) is 5.75 Å². The van der Waals surface area contributed by atoms with Crippen LogP contribution >= 0.6 is 0 Å². The van der Waals surface area contributed by atoms with Gasteiger partial charge < -0.3 is 9.47 Å². The molecule has 1 aromatic carbocycles. The zero-order valence-corrected chi connectivity index (χ0v) is 10.5. The summed E-state index contributed by atoms with van der Waals surface area (Å²) in [5, 5.41) is 0. The van der Waals surface area contributed by atoms with Crippen molar-refractivity contribution < 1.29 is 23.5 Å². The zero-order valence-electron chi connectivity index (χ0n) is 10.5. The smallest absolute Gasteiger partial charge is 0.347 e. The van der Waals surface area contributed by atoms with Crippen molar-refractivity contribution in [2.75, 3.05) is 6.61 Å². The van der Waals surface area contributed by atoms with Gasteiger partial charge in [-0.05, 0) is 32.9 Å². The highest BCUT2D eigenvalue weighted by Gasteiger charge is 2.19. The molecule has 18 heavy (non-hydrogen) atoms. The SMILES string of the molecule is CCOC(=O)C(C)Oc1cc(F)ccc1C(C)=O. The fraction of sp³-hybridized carbons (Fsp3) is 0.385. The minimum atomic E-state index is -0.898. The molecule has 1 aromatic rings. The van der Waals surface area contributed by atoms with Crippen molar-refractivity contribution in [1.29, 1.82) is 0 Å². The third kappa shape index (κ3) is 3.55. The molecule has 0 aliphatic heterocycles. The Hall–Kier alpha value is -1.91. The minimum Gasteiger partial charge on any atom is -0.478 e. The number of hydrogen-bond donors (Lipinski definition) is 0. The quantitative estimate of drug-likeness (QED) is 0.598. The number of rotatable bonds is 5. The van der Waals surface area contributed by atoms with E-state index in [1.54, 1.807) is 6.92 Å². The Morgan fingerprint density at radius 3 is 2.61 bits per heavy atom. The van der Waals surface area contributed by atoms with E-state index < -0.39 is 17.9 Å². The maximum atomic E-state index is 13.1. The molecule has 0 fully saturated rings. The molecule has 4 nitrogen and oxygen atoms in total. The Morgan fingerprint density at radius 2 is 2.06 bits per heavy atom. The number of carbonyl (C=O) groups excluding carboxylic acids is 2. The maximum absolute atomic E-state index is 13.1. The number of halogens is 1. The standard InChI is InChI=1S/C13H15FO4/c1-4-17-13(16)9(3)18-12-7-10(14)5-6-11(12)8(2)15/h5-7,9H,4H2,1-3H3. The molecule has 1 atom stereocenters. The van der Waals surface area contributed by atoms with Crippen LogP contribution in [0.2, 0.25) is 0 Å². The van der Waals surface area contributed by atoms with Gasteiger partial charge in [-0.1, -0.05) is 0 Å². The van der Waals surface area contributed by atoms with Crippen LogP contribution in [0.4, 0.5) is 4.39 Å². The van der Waals surface area contributed by atoms with Crippen LogP contribution in [-0.2, 0) is 9.53 Å². The van der Waals surface area contributed by atoms with Gasteiger partial charge in [-0.15, -0.1) is 0 Å². The molecule has 98 valence electrons. The zero-order chi connectivity index (χ0) is 13.7. The number of ketones is 1. The molecule has 1 unspecified atom stereocenters. The third-order valence-electron chi connectivity index (χ3n) is 2.25. The topological polar surface area (TPSA) is 52.6 Å². The number of benzene rings is 1. The summed E-state index contributed by atoms with van der Waals surface area (Å²) < 4.78 is 23.1. The third-order valence-corrected chi connectivity index (χ3v) is 2.25. The first-order valence-electron chi connectivity index (χ1n) is 5.59. The average Bonchev–Trinajstić information content (AvgIpc) is 2.28. The highest BCUT2D eigenvalue weighted by Crippen LogP contribution is 2.22. The lowest BCUT2D eigenvalue weighted by Crippen LogP contribution is -2.26. The molecule has 0 saturated heterocycles. The number of ether oxygens (including phenoxy) is 2. The summed E-state index contributed by atoms with van der Waals surface area (Å²) in [5.74, 6) is -1.31. The predicted molar refractivity (Wildman–Crippen MR) is 63.1 cm³/mol. The van der Waals surface area contributed by atoms with Gasteiger partial charge in [0, 0.05) is 6.07 Å². The van der Waals surface area contributed by atoms with E-state index in [1.807, 2.05) is 0 Å². The van der Waals surface area contributed by atoms with E-state index in [2.05, 4.69) is 0 Å². The van der Waals surface area contributed by atoms with Crippen LogP contribution in [0, 0.1) is 5.82 Å². The van der Waals surface area contributed by atoms with Crippen molar-refractivity contribution in [2.45, 2.75) is 26.9 Å². The molecule has 0 amide bonds. The summed E-state index contributed by atoms with van der Waals surface area (Å²) >= 11 is 0. The van der Waals surface area contributed by atoms with E-state index in [9.17, 15) is 14.0 Å². The normalized spacial score (nSPS) is 11.8. The van der Waals surface area contributed by atoms with Crippen LogP contribution in [0.1, 0.15) is 31.1 Å². The Balaban J connectivity index is 2.92. The number of esters is 1. The average molecular weight is 254 g/mol. The van der Waals surface area contributed by atoms with Gasteiger partial charge in [-0.25, -0.2) is 9.18 Å². The van der Waals surface area contributed by atoms with Crippen LogP contribution in [0.15, 0.2) is 18.2 Å². The van der Waals surface area contributed by atoms with Crippen LogP contribution in [0.3, 0.4) is 0 Å². The van der Waals surface area contributed by atoms with Crippen molar-refractivity contribution in [1.82, 2.24) is 0 Å². The van der Waals surface area contributed by atoms with E-state index in [-0.39, 0.29) is 23.7 Å². The molecular weight excluding hydrogens is 239 g/mol. The van der Waals surface area contributed by atoms with Crippen molar-refractivity contribution in [2.24, 2.45) is 0 Å². The van der Waals surface area contributed by atoms with Gasteiger partial charge in [0.1, 0.15) is 11.6 Å². The van der Waals surface area contributed by atoms with Gasteiger partial charge in [0.25, 0.3) is 0 Å². The second-order valence-corrected chi connectivity index (χ2v) is 3.71. The molecule has 5 heteroatoms. The van der Waals surface area contributed by atoms with Gasteiger partial charge in [-0.3, -0.25) is 4.79 Å². The highest BCUT2D eigenvalue weighted by atomic mass is 19.1. The fourth-order valence-electron chi connectivity index (χ4n) is 1.38. The van der Waals surface area contributed by atoms with Crippen LogP contribution in [0.25, 0.3) is 0 Å². The molecule has 0 spiro atoms. The first kappa shape index (κ1) is 14.2. The van der Waals surface area contributed by atoms with Gasteiger partial charge in [0.2, 0.25) is 0 Å². The number of hydrogen-bond acceptors (Lipinski definition) is 4. The minimum absolute atomic E-state index is 0.0445. The molecule has 0 heterocycles. The predicted octanol–water partition coefficient (Wildman–Crippen LogP) is 2.36. The lowest BCUT2D eigenvalue weighted by atomic mass is 10.1. The maximum Gasteiger partial charge on any atom is 0.347 e. The van der Waals surface area contributed by atoms with Crippen molar-refractivity contribution in [3.63, 3.8) is 0 Å². The molecule has 0 aliphatic rings. The molecule has 0 N–H and O–H groups in total. The van der Waals surface area contributed by atoms with Crippen LogP contribution < -0.4 is 4.74 Å². The van der Waals surface area contributed by atoms with Gasteiger partial charge in [0.05, 0.1) is 12.2 Å². The van der Waals surface area contributed by atoms with E-state index >= 15 is 0 Å². The number of carbonyl (C=O) groups is 2. The number of Topliss-reactive ketones (excluding diaryl/α,β-unsaturated/α-hetero) is 1. The molecule has 1 rings (SSSR count). The van der Waals surface area contributed by atoms with Gasteiger partial charge >= 0.3 is 5.97 Å². The lowest BCUT2D eigenvalue weighted by Gasteiger charge is -2.15. The summed E-state index contributed by atoms with van der Waals surface area (Å²) in [4.78, 5) is 22.7.